The Bertz CT molecular complexity index is 279. The second-order valence-electron chi connectivity index (χ2n) is 3.19. The van der Waals surface area contributed by atoms with Crippen LogP contribution in [0.4, 0.5) is 4.39 Å². The van der Waals surface area contributed by atoms with E-state index in [4.69, 9.17) is 15.3 Å². The maximum atomic E-state index is 13.1. The highest BCUT2D eigenvalue weighted by Gasteiger charge is 2.53. The van der Waals surface area contributed by atoms with Crippen molar-refractivity contribution in [1.82, 2.24) is 0 Å². The summed E-state index contributed by atoms with van der Waals surface area (Å²) in [6.45, 7) is 0. The van der Waals surface area contributed by atoms with Crippen LogP contribution in [0.3, 0.4) is 0 Å². The highest BCUT2D eigenvalue weighted by Crippen LogP contribution is 2.29. The molecule has 1 fully saturated rings. The van der Waals surface area contributed by atoms with Gasteiger partial charge in [-0.15, -0.1) is 0 Å². The zero-order chi connectivity index (χ0) is 11.1. The number of carbonyl (C=O) groups is 2. The van der Waals surface area contributed by atoms with Gasteiger partial charge in [0.25, 0.3) is 0 Å². The smallest absolute Gasteiger partial charge is 0.167 e. The Labute approximate surface area is 77.6 Å². The van der Waals surface area contributed by atoms with Crippen LogP contribution in [0.2, 0.25) is 0 Å². The van der Waals surface area contributed by atoms with E-state index in [-0.39, 0.29) is 0 Å². The minimum atomic E-state index is -3.06. The number of ketones is 1. The molecule has 80 valence electrons. The number of carboxylic acid groups (broad SMARTS) is 1. The van der Waals surface area contributed by atoms with Crippen LogP contribution >= 0.6 is 0 Å². The van der Waals surface area contributed by atoms with Gasteiger partial charge in [-0.25, -0.2) is 4.39 Å². The fraction of sp³-hybridized carbons (Fsp3) is 0.714. The average Bonchev–Trinajstić information content (AvgIpc) is 2.11. The molecule has 1 saturated carbocycles. The van der Waals surface area contributed by atoms with Gasteiger partial charge in [0.2, 0.25) is 0 Å². The zero-order valence-electron chi connectivity index (χ0n) is 6.88. The standard InChI is InChI=1S/C7H9FO6/c8-5-4(11)3(10)2(9)1-7(5,14)6(12)13/h3-5,10-11,14H,1H2,(H,12,13)/p-1/t3-,4+,5+,7-/m1/s1. The van der Waals surface area contributed by atoms with Crippen molar-refractivity contribution in [2.45, 2.75) is 30.4 Å². The molecule has 0 aromatic carbocycles. The first-order chi connectivity index (χ1) is 6.30. The van der Waals surface area contributed by atoms with Crippen molar-refractivity contribution in [3.05, 3.63) is 0 Å². The van der Waals surface area contributed by atoms with Gasteiger partial charge in [-0.1, -0.05) is 0 Å². The van der Waals surface area contributed by atoms with Gasteiger partial charge in [0.15, 0.2) is 12.0 Å². The molecule has 1 aliphatic carbocycles. The van der Waals surface area contributed by atoms with Crippen molar-refractivity contribution in [3.8, 4) is 0 Å². The number of Topliss-reactive ketones (excluding diaryl/α,β-unsaturated/α-hetero) is 1. The minimum absolute atomic E-state index is 1.12. The third-order valence-electron chi connectivity index (χ3n) is 2.21. The number of alkyl halides is 1. The monoisotopic (exact) mass is 207 g/mol. The summed E-state index contributed by atoms with van der Waals surface area (Å²) in [5, 5.41) is 37.3. The normalized spacial score (nSPS) is 43.7. The summed E-state index contributed by atoms with van der Waals surface area (Å²) in [6, 6.07) is 0. The molecular weight excluding hydrogens is 199 g/mol. The lowest BCUT2D eigenvalue weighted by Crippen LogP contribution is -2.66. The molecule has 3 N–H and O–H groups in total. The van der Waals surface area contributed by atoms with Crippen molar-refractivity contribution >= 4 is 11.8 Å². The second-order valence-corrected chi connectivity index (χ2v) is 3.19. The van der Waals surface area contributed by atoms with Crippen LogP contribution < -0.4 is 5.11 Å². The van der Waals surface area contributed by atoms with Crippen molar-refractivity contribution in [3.63, 3.8) is 0 Å². The molecule has 0 amide bonds. The van der Waals surface area contributed by atoms with E-state index in [1.165, 1.54) is 0 Å². The summed E-state index contributed by atoms with van der Waals surface area (Å²) in [6.07, 6.45) is -8.03. The number of carboxylic acids is 1. The van der Waals surface area contributed by atoms with Gasteiger partial charge in [0.05, 0.1) is 5.97 Å². The molecule has 0 saturated heterocycles. The Morgan fingerprint density at radius 2 is 2.07 bits per heavy atom. The molecule has 6 nitrogen and oxygen atoms in total. The molecule has 0 aliphatic heterocycles. The molecule has 1 aliphatic rings. The van der Waals surface area contributed by atoms with E-state index in [1.54, 1.807) is 0 Å². The molecule has 7 heteroatoms. The number of rotatable bonds is 1. The van der Waals surface area contributed by atoms with E-state index in [1.807, 2.05) is 0 Å². The Kier molecular flexibility index (Phi) is 2.57. The maximum Gasteiger partial charge on any atom is 0.167 e. The van der Waals surface area contributed by atoms with Gasteiger partial charge < -0.3 is 25.2 Å². The first-order valence-electron chi connectivity index (χ1n) is 3.77. The molecule has 0 aromatic heterocycles. The summed E-state index contributed by atoms with van der Waals surface area (Å²) in [4.78, 5) is 21.2. The number of hydrogen-bond acceptors (Lipinski definition) is 6. The Morgan fingerprint density at radius 1 is 1.57 bits per heavy atom. The molecule has 0 aromatic rings. The predicted molar refractivity (Wildman–Crippen MR) is 36.5 cm³/mol. The third-order valence-corrected chi connectivity index (χ3v) is 2.21. The molecule has 0 bridgehead atoms. The molecule has 0 spiro atoms. The Morgan fingerprint density at radius 3 is 2.50 bits per heavy atom. The van der Waals surface area contributed by atoms with Crippen molar-refractivity contribution in [2.75, 3.05) is 0 Å². The topological polar surface area (TPSA) is 118 Å². The lowest BCUT2D eigenvalue weighted by Gasteiger charge is -2.39. The molecule has 0 heterocycles. The molecule has 1 rings (SSSR count). The largest absolute Gasteiger partial charge is 0.547 e. The van der Waals surface area contributed by atoms with Gasteiger partial charge in [-0.2, -0.15) is 0 Å². The summed E-state index contributed by atoms with van der Waals surface area (Å²) < 4.78 is 13.1. The second kappa shape index (κ2) is 3.26. The van der Waals surface area contributed by atoms with Crippen LogP contribution in [0.5, 0.6) is 0 Å². The van der Waals surface area contributed by atoms with E-state index < -0.39 is 42.2 Å². The third kappa shape index (κ3) is 1.39. The lowest BCUT2D eigenvalue weighted by atomic mass is 9.79. The summed E-state index contributed by atoms with van der Waals surface area (Å²) in [7, 11) is 0. The molecular formula is C7H8FO6-. The maximum absolute atomic E-state index is 13.1. The van der Waals surface area contributed by atoms with E-state index in [0.717, 1.165) is 0 Å². The van der Waals surface area contributed by atoms with E-state index in [0.29, 0.717) is 0 Å². The molecule has 0 radical (unpaired) electrons. The van der Waals surface area contributed by atoms with Gasteiger partial charge in [-0.05, 0) is 0 Å². The van der Waals surface area contributed by atoms with E-state index in [2.05, 4.69) is 0 Å². The summed E-state index contributed by atoms with van der Waals surface area (Å²) >= 11 is 0. The van der Waals surface area contributed by atoms with Crippen LogP contribution in [0, 0.1) is 0 Å². The first-order valence-corrected chi connectivity index (χ1v) is 3.77. The fourth-order valence-corrected chi connectivity index (χ4v) is 1.29. The van der Waals surface area contributed by atoms with E-state index >= 15 is 0 Å². The molecule has 14 heavy (non-hydrogen) atoms. The number of halogens is 1. The van der Waals surface area contributed by atoms with E-state index in [9.17, 15) is 19.1 Å². The highest BCUT2D eigenvalue weighted by atomic mass is 19.1. The van der Waals surface area contributed by atoms with Crippen LogP contribution in [-0.2, 0) is 9.59 Å². The first kappa shape index (κ1) is 11.0. The van der Waals surface area contributed by atoms with Crippen LogP contribution in [-0.4, -0.2) is 51.1 Å². The molecule has 0 unspecified atom stereocenters. The number of carbonyl (C=O) groups excluding carboxylic acids is 2. The van der Waals surface area contributed by atoms with Crippen LogP contribution in [0.25, 0.3) is 0 Å². The Hall–Kier alpha value is -1.05. The quantitative estimate of drug-likeness (QED) is 0.410. The van der Waals surface area contributed by atoms with Crippen molar-refractivity contribution in [1.29, 1.82) is 0 Å². The van der Waals surface area contributed by atoms with Crippen LogP contribution in [0.1, 0.15) is 6.42 Å². The highest BCUT2D eigenvalue weighted by molar-refractivity contribution is 5.92. The van der Waals surface area contributed by atoms with Crippen LogP contribution in [0.15, 0.2) is 0 Å². The zero-order valence-corrected chi connectivity index (χ0v) is 6.88. The summed E-state index contributed by atoms with van der Waals surface area (Å²) in [5.41, 5.74) is -3.06. The van der Waals surface area contributed by atoms with Gasteiger partial charge in [0.1, 0.15) is 17.8 Å². The fourth-order valence-electron chi connectivity index (χ4n) is 1.29. The average molecular weight is 207 g/mol. The molecule has 4 atom stereocenters. The number of aliphatic hydroxyl groups excluding tert-OH is 2. The number of aliphatic carboxylic acids is 1. The SMILES string of the molecule is O=C1C[C@](O)(C(=O)[O-])[C@@H](F)[C@@H](O)[C@@H]1O. The number of aliphatic hydroxyl groups is 3. The minimum Gasteiger partial charge on any atom is -0.547 e. The van der Waals surface area contributed by atoms with Gasteiger partial charge in [-0.3, -0.25) is 4.79 Å². The number of hydrogen-bond donors (Lipinski definition) is 3. The van der Waals surface area contributed by atoms with Gasteiger partial charge in [0, 0.05) is 6.42 Å². The summed E-state index contributed by atoms with van der Waals surface area (Å²) in [5.74, 6) is -3.33. The van der Waals surface area contributed by atoms with Gasteiger partial charge >= 0.3 is 0 Å². The lowest BCUT2D eigenvalue weighted by molar-refractivity contribution is -0.332. The predicted octanol–water partition coefficient (Wildman–Crippen LogP) is -3.50. The Balaban J connectivity index is 3.02. The van der Waals surface area contributed by atoms with Crippen molar-refractivity contribution < 1.29 is 34.4 Å². The van der Waals surface area contributed by atoms with Crippen molar-refractivity contribution in [2.24, 2.45) is 0 Å².